The zero-order chi connectivity index (χ0) is 18.9. The van der Waals surface area contributed by atoms with Crippen LogP contribution in [0.3, 0.4) is 0 Å². The van der Waals surface area contributed by atoms with E-state index in [0.717, 1.165) is 29.2 Å². The number of nitrogens with zero attached hydrogens (tertiary/aromatic N) is 2. The minimum Gasteiger partial charge on any atom is -0.309 e. The third-order valence-corrected chi connectivity index (χ3v) is 6.10. The smallest absolute Gasteiger partial charge is 0.309 e. The minimum absolute atomic E-state index is 0.0975. The molecule has 0 aromatic heterocycles. The Kier molecular flexibility index (Phi) is 5.60. The third-order valence-electron chi connectivity index (χ3n) is 4.70. The van der Waals surface area contributed by atoms with E-state index in [1.54, 1.807) is 11.8 Å². The highest BCUT2D eigenvalue weighted by Crippen LogP contribution is 2.30. The Balaban J connectivity index is 1.56. The maximum atomic E-state index is 12.4. The molecule has 0 aliphatic carbocycles. The first kappa shape index (κ1) is 19.2. The number of piperidine rings is 1. The van der Waals surface area contributed by atoms with E-state index in [1.807, 2.05) is 0 Å². The van der Waals surface area contributed by atoms with E-state index in [9.17, 15) is 22.8 Å². The van der Waals surface area contributed by atoms with Gasteiger partial charge < -0.3 is 4.90 Å². The number of hydrogen-bond donors (Lipinski definition) is 3. The van der Waals surface area contributed by atoms with E-state index in [1.165, 1.54) is 0 Å². The summed E-state index contributed by atoms with van der Waals surface area (Å²) in [6.07, 6.45) is 2.11. The predicted molar refractivity (Wildman–Crippen MR) is 89.7 cm³/mol. The molecule has 0 unspecified atom stereocenters. The highest BCUT2D eigenvalue weighted by atomic mass is 32.3. The second kappa shape index (κ2) is 7.58. The largest absolute Gasteiger partial charge is 0.418 e. The van der Waals surface area contributed by atoms with Crippen LogP contribution in [-0.2, 0) is 24.3 Å². The monoisotopic (exact) mass is 408 g/mol. The summed E-state index contributed by atoms with van der Waals surface area (Å²) in [6, 6.07) is -2.24. The average molecular weight is 408 g/mol. The van der Waals surface area contributed by atoms with E-state index in [2.05, 4.69) is 15.1 Å². The first-order valence-electron chi connectivity index (χ1n) is 8.20. The van der Waals surface area contributed by atoms with Crippen molar-refractivity contribution in [3.05, 3.63) is 0 Å². The second-order valence-electron chi connectivity index (χ2n) is 6.38. The predicted octanol–water partition coefficient (Wildman–Crippen LogP) is -0.720. The lowest BCUT2D eigenvalue weighted by atomic mass is 10.0. The van der Waals surface area contributed by atoms with Gasteiger partial charge in [0.05, 0.1) is 6.04 Å². The summed E-state index contributed by atoms with van der Waals surface area (Å²) in [5.41, 5.74) is 4.76. The Labute approximate surface area is 154 Å². The zero-order valence-corrected chi connectivity index (χ0v) is 15.4. The molecule has 0 aromatic rings. The maximum Gasteiger partial charge on any atom is 0.418 e. The van der Waals surface area contributed by atoms with Gasteiger partial charge in [0.25, 0.3) is 5.91 Å². The van der Waals surface area contributed by atoms with Gasteiger partial charge in [-0.3, -0.25) is 25.0 Å². The molecule has 11 nitrogen and oxygen atoms in total. The fourth-order valence-corrected chi connectivity index (χ4v) is 4.87. The van der Waals surface area contributed by atoms with Crippen molar-refractivity contribution >= 4 is 40.0 Å². The highest BCUT2D eigenvalue weighted by Gasteiger charge is 2.49. The molecule has 3 saturated heterocycles. The van der Waals surface area contributed by atoms with Crippen LogP contribution in [0, 0.1) is 5.92 Å². The molecule has 146 valence electrons. The molecule has 26 heavy (non-hydrogen) atoms. The molecule has 2 bridgehead atoms. The van der Waals surface area contributed by atoms with E-state index >= 15 is 0 Å². The van der Waals surface area contributed by atoms with Gasteiger partial charge in [0.2, 0.25) is 5.91 Å². The Morgan fingerprint density at radius 1 is 1.12 bits per heavy atom. The molecule has 0 saturated carbocycles. The van der Waals surface area contributed by atoms with Crippen LogP contribution < -0.4 is 10.9 Å². The van der Waals surface area contributed by atoms with Gasteiger partial charge in [-0.25, -0.2) is 4.79 Å². The lowest BCUT2D eigenvalue weighted by molar-refractivity contribution is -0.133. The number of hydroxylamine groups is 2. The number of thioether (sulfide) groups is 1. The lowest BCUT2D eigenvalue weighted by Gasteiger charge is -2.29. The number of amides is 4. The zero-order valence-electron chi connectivity index (χ0n) is 13.8. The summed E-state index contributed by atoms with van der Waals surface area (Å²) in [4.78, 5) is 37.9. The van der Waals surface area contributed by atoms with E-state index in [-0.39, 0.29) is 24.8 Å². The molecule has 2 atom stereocenters. The number of hydrogen-bond acceptors (Lipinski definition) is 7. The number of carbonyl (C=O) groups is 3. The number of urea groups is 1. The van der Waals surface area contributed by atoms with Gasteiger partial charge in [-0.15, -0.1) is 4.28 Å². The van der Waals surface area contributed by atoms with Crippen molar-refractivity contribution in [1.29, 1.82) is 0 Å². The van der Waals surface area contributed by atoms with Gasteiger partial charge in [0.15, 0.2) is 0 Å². The van der Waals surface area contributed by atoms with Gasteiger partial charge >= 0.3 is 16.4 Å². The Bertz CT molecular complexity index is 695. The van der Waals surface area contributed by atoms with Crippen molar-refractivity contribution in [3.8, 4) is 0 Å². The summed E-state index contributed by atoms with van der Waals surface area (Å²) in [6.45, 7) is 0.0975. The third kappa shape index (κ3) is 4.22. The number of nitrogens with one attached hydrogen (secondary N) is 2. The molecule has 3 heterocycles. The first-order chi connectivity index (χ1) is 12.3. The molecule has 3 rings (SSSR count). The van der Waals surface area contributed by atoms with Crippen LogP contribution in [-0.4, -0.2) is 70.9 Å². The molecule has 0 spiro atoms. The molecular formula is C13H20N4O7S2. The minimum atomic E-state index is -4.83. The van der Waals surface area contributed by atoms with E-state index in [0.29, 0.717) is 11.5 Å². The molecule has 3 fully saturated rings. The van der Waals surface area contributed by atoms with Crippen molar-refractivity contribution in [2.24, 2.45) is 5.92 Å². The molecule has 0 aromatic carbocycles. The molecule has 3 N–H and O–H groups in total. The van der Waals surface area contributed by atoms with Crippen molar-refractivity contribution in [1.82, 2.24) is 20.8 Å². The van der Waals surface area contributed by atoms with Crippen LogP contribution in [0.4, 0.5) is 4.79 Å². The molecule has 13 heteroatoms. The Morgan fingerprint density at radius 3 is 2.42 bits per heavy atom. The van der Waals surface area contributed by atoms with Crippen LogP contribution in [0.5, 0.6) is 0 Å². The fourth-order valence-electron chi connectivity index (χ4n) is 3.37. The van der Waals surface area contributed by atoms with Crippen LogP contribution >= 0.6 is 11.8 Å². The van der Waals surface area contributed by atoms with Crippen molar-refractivity contribution in [3.63, 3.8) is 0 Å². The van der Waals surface area contributed by atoms with Gasteiger partial charge in [-0.2, -0.15) is 25.2 Å². The van der Waals surface area contributed by atoms with Crippen LogP contribution in [0.1, 0.15) is 25.7 Å². The average Bonchev–Trinajstić information content (AvgIpc) is 2.84. The number of rotatable bonds is 4. The van der Waals surface area contributed by atoms with Crippen LogP contribution in [0.25, 0.3) is 0 Å². The second-order valence-corrected chi connectivity index (χ2v) is 8.60. The van der Waals surface area contributed by atoms with Crippen LogP contribution in [0.2, 0.25) is 0 Å². The summed E-state index contributed by atoms with van der Waals surface area (Å²) < 4.78 is 34.8. The first-order valence-corrected chi connectivity index (χ1v) is 10.7. The molecule has 3 aliphatic heterocycles. The quantitative estimate of drug-likeness (QED) is 0.408. The number of carbonyl (C=O) groups excluding carboxylic acids is 3. The molecular weight excluding hydrogens is 388 g/mol. The van der Waals surface area contributed by atoms with Crippen molar-refractivity contribution < 1.29 is 31.6 Å². The standard InChI is InChI=1S/C13H20N4O7S2/c18-11(8-3-5-25-6-4-8)14-15-12(19)10-2-1-9-7-16(10)13(20)17(9)24-26(21,22)23/h8-10H,1-7H2,(H,14,18)(H,15,19)(H,21,22,23)/t9-,10+/m0/s1. The van der Waals surface area contributed by atoms with E-state index < -0.39 is 34.4 Å². The van der Waals surface area contributed by atoms with Gasteiger partial charge in [0.1, 0.15) is 6.04 Å². The summed E-state index contributed by atoms with van der Waals surface area (Å²) in [5.74, 6) is 0.865. The highest BCUT2D eigenvalue weighted by molar-refractivity contribution is 7.99. The van der Waals surface area contributed by atoms with Crippen molar-refractivity contribution in [2.45, 2.75) is 37.8 Å². The van der Waals surface area contributed by atoms with Gasteiger partial charge in [-0.1, -0.05) is 0 Å². The van der Waals surface area contributed by atoms with Gasteiger partial charge in [0, 0.05) is 12.5 Å². The Morgan fingerprint density at radius 2 is 1.77 bits per heavy atom. The summed E-state index contributed by atoms with van der Waals surface area (Å²) >= 11 is 1.79. The SMILES string of the molecule is O=C(NNC(=O)[C@H]1CC[C@H]2CN1C(=O)N2OS(=O)(=O)O)C1CCSCC1. The lowest BCUT2D eigenvalue weighted by Crippen LogP contribution is -2.55. The molecule has 0 radical (unpaired) electrons. The number of hydrazine groups is 1. The van der Waals surface area contributed by atoms with Gasteiger partial charge in [-0.05, 0) is 37.2 Å². The topological polar surface area (TPSA) is 145 Å². The normalized spacial score (nSPS) is 26.7. The summed E-state index contributed by atoms with van der Waals surface area (Å²) in [5, 5.41) is 0.570. The van der Waals surface area contributed by atoms with E-state index in [4.69, 9.17) is 4.55 Å². The Hall–Kier alpha value is -1.57. The van der Waals surface area contributed by atoms with Crippen LogP contribution in [0.15, 0.2) is 0 Å². The fraction of sp³-hybridized carbons (Fsp3) is 0.769. The maximum absolute atomic E-state index is 12.4. The summed E-state index contributed by atoms with van der Waals surface area (Å²) in [7, 11) is -4.83. The number of fused-ring (bicyclic) bond motifs is 2. The van der Waals surface area contributed by atoms with Crippen molar-refractivity contribution in [2.75, 3.05) is 18.1 Å². The molecule has 4 amide bonds. The molecule has 3 aliphatic rings.